The quantitative estimate of drug-likeness (QED) is 0.0262. The summed E-state index contributed by atoms with van der Waals surface area (Å²) in [5, 5.41) is 0. The molecule has 0 N–H and O–H groups in total. The predicted molar refractivity (Wildman–Crippen MR) is 279 cm³/mol. The summed E-state index contributed by atoms with van der Waals surface area (Å²) in [6.45, 7) is 6.48. The number of hydrogen-bond acceptors (Lipinski definition) is 6. The SMILES string of the molecule is CCCCC/C=C\C/C=C\C/C=C\C/C=C\CCCC(=O)OC(COC(=O)CCCCCCC/C=C\C/C=C\CCCCC)COC(=O)CCCCCCC/C=C\C/C=C\CCCCC. The van der Waals surface area contributed by atoms with Crippen LogP contribution in [0.25, 0.3) is 0 Å². The van der Waals surface area contributed by atoms with Crippen LogP contribution in [0.5, 0.6) is 0 Å². The number of allylic oxidation sites excluding steroid dienone is 16. The van der Waals surface area contributed by atoms with E-state index in [9.17, 15) is 14.4 Å². The Hall–Kier alpha value is -3.67. The van der Waals surface area contributed by atoms with Gasteiger partial charge >= 0.3 is 17.9 Å². The number of esters is 3. The van der Waals surface area contributed by atoms with Crippen molar-refractivity contribution >= 4 is 17.9 Å². The highest BCUT2D eigenvalue weighted by Crippen LogP contribution is 2.12. The van der Waals surface area contributed by atoms with Gasteiger partial charge in [-0.1, -0.05) is 195 Å². The molecule has 0 heterocycles. The van der Waals surface area contributed by atoms with Crippen molar-refractivity contribution in [1.82, 2.24) is 0 Å². The fourth-order valence-electron chi connectivity index (χ4n) is 6.96. The van der Waals surface area contributed by atoms with E-state index in [4.69, 9.17) is 14.2 Å². The van der Waals surface area contributed by atoms with Gasteiger partial charge in [-0.25, -0.2) is 0 Å². The molecule has 6 nitrogen and oxygen atoms in total. The molecular formula is C59H98O6. The lowest BCUT2D eigenvalue weighted by atomic mass is 10.1. The standard InChI is InChI=1S/C59H98O6/c1-4-7-10-13-16-19-22-25-28-29-32-35-38-41-44-47-50-53-59(62)65-56(54-63-57(60)51-48-45-42-39-36-33-30-26-23-20-17-14-11-8-5-2)55-64-58(61)52-49-46-43-40-37-34-31-27-24-21-18-15-12-9-6-3/h16-21,25-28,30-32,35,41,44,56H,4-15,22-24,29,33-34,36-40,42-43,45-55H2,1-3H3/b19-16-,20-17-,21-18-,28-25-,30-26-,31-27-,35-32-,44-41-. The smallest absolute Gasteiger partial charge is 0.306 e. The number of rotatable bonds is 47. The molecule has 0 rings (SSSR count). The third kappa shape index (κ3) is 51.2. The summed E-state index contributed by atoms with van der Waals surface area (Å²) in [5.74, 6) is -0.997. The summed E-state index contributed by atoms with van der Waals surface area (Å²) < 4.78 is 16.7. The Morgan fingerprint density at radius 3 is 0.908 bits per heavy atom. The van der Waals surface area contributed by atoms with Gasteiger partial charge in [0.2, 0.25) is 0 Å². The fourth-order valence-corrected chi connectivity index (χ4v) is 6.96. The monoisotopic (exact) mass is 903 g/mol. The lowest BCUT2D eigenvalue weighted by Crippen LogP contribution is -2.30. The largest absolute Gasteiger partial charge is 0.462 e. The molecule has 0 bridgehead atoms. The van der Waals surface area contributed by atoms with E-state index in [1.165, 1.54) is 77.0 Å². The predicted octanol–water partition coefficient (Wildman–Crippen LogP) is 17.8. The average Bonchev–Trinajstić information content (AvgIpc) is 3.30. The molecule has 0 saturated carbocycles. The van der Waals surface area contributed by atoms with Gasteiger partial charge in [-0.15, -0.1) is 0 Å². The first-order chi connectivity index (χ1) is 32.0. The molecule has 0 amide bonds. The molecule has 0 spiro atoms. The number of ether oxygens (including phenoxy) is 3. The second-order valence-electron chi connectivity index (χ2n) is 17.4. The second kappa shape index (κ2) is 52.9. The van der Waals surface area contributed by atoms with Gasteiger partial charge in [0.15, 0.2) is 6.10 Å². The van der Waals surface area contributed by atoms with E-state index in [0.29, 0.717) is 19.3 Å². The van der Waals surface area contributed by atoms with Crippen LogP contribution in [-0.2, 0) is 28.6 Å². The first-order valence-electron chi connectivity index (χ1n) is 26.7. The van der Waals surface area contributed by atoms with Crippen LogP contribution >= 0.6 is 0 Å². The maximum atomic E-state index is 12.8. The van der Waals surface area contributed by atoms with Gasteiger partial charge in [0, 0.05) is 19.3 Å². The van der Waals surface area contributed by atoms with Crippen LogP contribution in [0.1, 0.15) is 239 Å². The molecule has 0 radical (unpaired) electrons. The molecule has 0 aliphatic carbocycles. The van der Waals surface area contributed by atoms with Crippen molar-refractivity contribution in [3.8, 4) is 0 Å². The molecule has 0 aromatic heterocycles. The number of carbonyl (C=O) groups is 3. The first kappa shape index (κ1) is 61.3. The maximum absolute atomic E-state index is 12.8. The van der Waals surface area contributed by atoms with E-state index in [-0.39, 0.29) is 37.5 Å². The van der Waals surface area contributed by atoms with Crippen molar-refractivity contribution in [3.63, 3.8) is 0 Å². The molecule has 0 unspecified atom stereocenters. The van der Waals surface area contributed by atoms with E-state index in [1.54, 1.807) is 0 Å². The average molecular weight is 903 g/mol. The molecule has 0 saturated heterocycles. The van der Waals surface area contributed by atoms with Gasteiger partial charge in [0.1, 0.15) is 13.2 Å². The zero-order chi connectivity index (χ0) is 47.2. The van der Waals surface area contributed by atoms with E-state index < -0.39 is 6.10 Å². The van der Waals surface area contributed by atoms with Crippen LogP contribution in [-0.4, -0.2) is 37.2 Å². The highest BCUT2D eigenvalue weighted by atomic mass is 16.6. The minimum absolute atomic E-state index is 0.112. The molecule has 0 fully saturated rings. The van der Waals surface area contributed by atoms with E-state index in [1.807, 2.05) is 0 Å². The van der Waals surface area contributed by atoms with Gasteiger partial charge in [0.05, 0.1) is 0 Å². The Balaban J connectivity index is 4.54. The summed E-state index contributed by atoms with van der Waals surface area (Å²) in [6, 6.07) is 0. The van der Waals surface area contributed by atoms with Crippen LogP contribution in [0.3, 0.4) is 0 Å². The third-order valence-electron chi connectivity index (χ3n) is 11.0. The number of hydrogen-bond donors (Lipinski definition) is 0. The van der Waals surface area contributed by atoms with Crippen molar-refractivity contribution in [2.24, 2.45) is 0 Å². The topological polar surface area (TPSA) is 78.9 Å². The van der Waals surface area contributed by atoms with Crippen LogP contribution < -0.4 is 0 Å². The molecule has 6 heteroatoms. The lowest BCUT2D eigenvalue weighted by Gasteiger charge is -2.18. The second-order valence-corrected chi connectivity index (χ2v) is 17.4. The minimum atomic E-state index is -0.818. The summed E-state index contributed by atoms with van der Waals surface area (Å²) >= 11 is 0. The summed E-state index contributed by atoms with van der Waals surface area (Å²) in [5.41, 5.74) is 0. The minimum Gasteiger partial charge on any atom is -0.462 e. The maximum Gasteiger partial charge on any atom is 0.306 e. The highest BCUT2D eigenvalue weighted by molar-refractivity contribution is 5.71. The van der Waals surface area contributed by atoms with Crippen LogP contribution in [0.15, 0.2) is 97.2 Å². The van der Waals surface area contributed by atoms with Gasteiger partial charge in [-0.05, 0) is 122 Å². The molecule has 65 heavy (non-hydrogen) atoms. The fraction of sp³-hybridized carbons (Fsp3) is 0.678. The number of unbranched alkanes of at least 4 members (excludes halogenated alkanes) is 20. The van der Waals surface area contributed by atoms with Crippen molar-refractivity contribution in [1.29, 1.82) is 0 Å². The Bertz CT molecular complexity index is 1250. The van der Waals surface area contributed by atoms with Crippen molar-refractivity contribution in [2.45, 2.75) is 245 Å². The van der Waals surface area contributed by atoms with Crippen LogP contribution in [0.4, 0.5) is 0 Å². The molecular weight excluding hydrogens is 805 g/mol. The van der Waals surface area contributed by atoms with E-state index in [2.05, 4.69) is 118 Å². The summed E-state index contributed by atoms with van der Waals surface area (Å²) in [7, 11) is 0. The lowest BCUT2D eigenvalue weighted by molar-refractivity contribution is -0.167. The third-order valence-corrected chi connectivity index (χ3v) is 11.0. The van der Waals surface area contributed by atoms with Crippen molar-refractivity contribution in [2.75, 3.05) is 13.2 Å². The van der Waals surface area contributed by atoms with E-state index in [0.717, 1.165) is 116 Å². The Morgan fingerprint density at radius 2 is 0.569 bits per heavy atom. The number of carbonyl (C=O) groups excluding carboxylic acids is 3. The van der Waals surface area contributed by atoms with Crippen LogP contribution in [0, 0.1) is 0 Å². The molecule has 370 valence electrons. The Labute approximate surface area is 400 Å². The normalized spacial score (nSPS) is 12.4. The van der Waals surface area contributed by atoms with Gasteiger partial charge < -0.3 is 14.2 Å². The Morgan fingerprint density at radius 1 is 0.308 bits per heavy atom. The zero-order valence-corrected chi connectivity index (χ0v) is 42.2. The van der Waals surface area contributed by atoms with Crippen molar-refractivity contribution < 1.29 is 28.6 Å². The van der Waals surface area contributed by atoms with Crippen LogP contribution in [0.2, 0.25) is 0 Å². The molecule has 0 atom stereocenters. The van der Waals surface area contributed by atoms with Gasteiger partial charge in [-0.2, -0.15) is 0 Å². The molecule has 0 aromatic rings. The summed E-state index contributed by atoms with van der Waals surface area (Å²) in [4.78, 5) is 38.0. The molecule has 0 aliphatic heterocycles. The highest BCUT2D eigenvalue weighted by Gasteiger charge is 2.19. The van der Waals surface area contributed by atoms with Crippen molar-refractivity contribution in [3.05, 3.63) is 97.2 Å². The van der Waals surface area contributed by atoms with Gasteiger partial charge in [0.25, 0.3) is 0 Å². The zero-order valence-electron chi connectivity index (χ0n) is 42.2. The molecule has 0 aliphatic rings. The molecule has 0 aromatic carbocycles. The van der Waals surface area contributed by atoms with Gasteiger partial charge in [-0.3, -0.25) is 14.4 Å². The van der Waals surface area contributed by atoms with E-state index >= 15 is 0 Å². The summed E-state index contributed by atoms with van der Waals surface area (Å²) in [6.07, 6.45) is 69.6. The first-order valence-corrected chi connectivity index (χ1v) is 26.7. The Kier molecular flexibility index (Phi) is 50.0.